The van der Waals surface area contributed by atoms with Gasteiger partial charge in [0, 0.05) is 31.2 Å². The van der Waals surface area contributed by atoms with Crippen LogP contribution in [0.25, 0.3) is 0 Å². The number of ether oxygens (including phenoxy) is 1. The molecule has 0 spiro atoms. The lowest BCUT2D eigenvalue weighted by atomic mass is 10.1. The van der Waals surface area contributed by atoms with Crippen molar-refractivity contribution in [2.24, 2.45) is 0 Å². The number of hydrogen-bond donors (Lipinski definition) is 1. The van der Waals surface area contributed by atoms with Gasteiger partial charge in [0.15, 0.2) is 5.76 Å². The Labute approximate surface area is 116 Å². The highest BCUT2D eigenvalue weighted by Gasteiger charge is 2.25. The number of hydrogen-bond acceptors (Lipinski definition) is 4. The first-order chi connectivity index (χ1) is 9.16. The molecule has 0 atom stereocenters. The molecule has 1 N–H and O–H groups in total. The molecule has 0 radical (unpaired) electrons. The number of halogens is 3. The molecule has 0 aliphatic rings. The number of alkyl halides is 3. The second-order valence-corrected chi connectivity index (χ2v) is 5.66. The number of aromatic nitrogens is 1. The van der Waals surface area contributed by atoms with Crippen molar-refractivity contribution in [2.75, 3.05) is 6.61 Å². The van der Waals surface area contributed by atoms with E-state index < -0.39 is 12.6 Å². The maximum atomic E-state index is 11.9. The lowest BCUT2D eigenvalue weighted by Gasteiger charge is -2.19. The minimum atomic E-state index is -4.12. The fourth-order valence-corrected chi connectivity index (χ4v) is 1.41. The predicted molar refractivity (Wildman–Crippen MR) is 68.0 cm³/mol. The van der Waals surface area contributed by atoms with Gasteiger partial charge >= 0.3 is 6.18 Å². The fraction of sp³-hybridized carbons (Fsp3) is 0.769. The molecule has 0 saturated heterocycles. The molecular formula is C13H21F3N2O2. The SMILES string of the molecule is CC(C)(C)NCc1cc(COCCCC(F)(F)F)on1. The van der Waals surface area contributed by atoms with Crippen LogP contribution in [-0.2, 0) is 17.9 Å². The van der Waals surface area contributed by atoms with Gasteiger partial charge < -0.3 is 14.6 Å². The molecule has 0 saturated carbocycles. The molecule has 0 amide bonds. The Bertz CT molecular complexity index is 397. The van der Waals surface area contributed by atoms with E-state index in [0.717, 1.165) is 5.69 Å². The van der Waals surface area contributed by atoms with Gasteiger partial charge in [-0.1, -0.05) is 5.16 Å². The largest absolute Gasteiger partial charge is 0.389 e. The zero-order valence-corrected chi connectivity index (χ0v) is 12.0. The molecule has 20 heavy (non-hydrogen) atoms. The first-order valence-electron chi connectivity index (χ1n) is 6.50. The molecule has 0 aliphatic carbocycles. The van der Waals surface area contributed by atoms with Crippen molar-refractivity contribution in [2.45, 2.75) is 58.5 Å². The lowest BCUT2D eigenvalue weighted by Crippen LogP contribution is -2.35. The second-order valence-electron chi connectivity index (χ2n) is 5.66. The number of nitrogens with one attached hydrogen (secondary N) is 1. The van der Waals surface area contributed by atoms with Crippen LogP contribution in [0, 0.1) is 0 Å². The van der Waals surface area contributed by atoms with E-state index in [2.05, 4.69) is 10.5 Å². The van der Waals surface area contributed by atoms with E-state index in [9.17, 15) is 13.2 Å². The summed E-state index contributed by atoms with van der Waals surface area (Å²) >= 11 is 0. The van der Waals surface area contributed by atoms with Crippen LogP contribution in [0.3, 0.4) is 0 Å². The summed E-state index contributed by atoms with van der Waals surface area (Å²) in [5, 5.41) is 7.12. The monoisotopic (exact) mass is 294 g/mol. The van der Waals surface area contributed by atoms with Gasteiger partial charge in [-0.15, -0.1) is 0 Å². The summed E-state index contributed by atoms with van der Waals surface area (Å²) in [6.07, 6.45) is -5.00. The first-order valence-corrected chi connectivity index (χ1v) is 6.50. The Kier molecular flexibility index (Phi) is 6.01. The van der Waals surface area contributed by atoms with E-state index in [1.54, 1.807) is 6.07 Å². The molecule has 0 unspecified atom stereocenters. The summed E-state index contributed by atoms with van der Waals surface area (Å²) in [6, 6.07) is 1.74. The van der Waals surface area contributed by atoms with Gasteiger partial charge in [0.05, 0.1) is 5.69 Å². The Morgan fingerprint density at radius 3 is 2.60 bits per heavy atom. The van der Waals surface area contributed by atoms with Gasteiger partial charge in [0.1, 0.15) is 6.61 Å². The third-order valence-corrected chi connectivity index (χ3v) is 2.40. The van der Waals surface area contributed by atoms with Crippen molar-refractivity contribution < 1.29 is 22.4 Å². The molecule has 0 aromatic carbocycles. The third-order valence-electron chi connectivity index (χ3n) is 2.40. The summed E-state index contributed by atoms with van der Waals surface area (Å²) in [4.78, 5) is 0. The quantitative estimate of drug-likeness (QED) is 0.783. The Balaban J connectivity index is 2.20. The topological polar surface area (TPSA) is 47.3 Å². The summed E-state index contributed by atoms with van der Waals surface area (Å²) in [6.45, 7) is 6.88. The highest BCUT2D eigenvalue weighted by molar-refractivity contribution is 5.04. The maximum absolute atomic E-state index is 11.9. The minimum absolute atomic E-state index is 0.0206. The maximum Gasteiger partial charge on any atom is 0.389 e. The molecule has 116 valence electrons. The molecule has 1 heterocycles. The van der Waals surface area contributed by atoms with E-state index >= 15 is 0 Å². The van der Waals surface area contributed by atoms with Crippen LogP contribution in [0.5, 0.6) is 0 Å². The van der Waals surface area contributed by atoms with Gasteiger partial charge in [-0.2, -0.15) is 13.2 Å². The van der Waals surface area contributed by atoms with Gasteiger partial charge in [0.25, 0.3) is 0 Å². The minimum Gasteiger partial charge on any atom is -0.373 e. The highest BCUT2D eigenvalue weighted by atomic mass is 19.4. The van der Waals surface area contributed by atoms with Crippen LogP contribution in [0.2, 0.25) is 0 Å². The van der Waals surface area contributed by atoms with Crippen LogP contribution in [0.4, 0.5) is 13.2 Å². The van der Waals surface area contributed by atoms with E-state index in [0.29, 0.717) is 12.3 Å². The predicted octanol–water partition coefficient (Wildman–Crippen LogP) is 3.42. The van der Waals surface area contributed by atoms with Crippen molar-refractivity contribution in [3.63, 3.8) is 0 Å². The van der Waals surface area contributed by atoms with Crippen LogP contribution in [0.15, 0.2) is 10.6 Å². The molecule has 1 rings (SSSR count). The van der Waals surface area contributed by atoms with Crippen LogP contribution in [0.1, 0.15) is 45.1 Å². The summed E-state index contributed by atoms with van der Waals surface area (Å²) in [5.41, 5.74) is 0.724. The van der Waals surface area contributed by atoms with Crippen LogP contribution >= 0.6 is 0 Å². The highest BCUT2D eigenvalue weighted by Crippen LogP contribution is 2.21. The molecule has 1 aromatic heterocycles. The average molecular weight is 294 g/mol. The first kappa shape index (κ1) is 17.0. The number of rotatable bonds is 7. The molecule has 0 bridgehead atoms. The van der Waals surface area contributed by atoms with Gasteiger partial charge in [0.2, 0.25) is 0 Å². The van der Waals surface area contributed by atoms with E-state index in [-0.39, 0.29) is 25.2 Å². The van der Waals surface area contributed by atoms with Crippen molar-refractivity contribution in [3.05, 3.63) is 17.5 Å². The zero-order chi connectivity index (χ0) is 15.2. The van der Waals surface area contributed by atoms with Crippen molar-refractivity contribution >= 4 is 0 Å². The molecule has 1 aromatic rings. The number of nitrogens with zero attached hydrogens (tertiary/aromatic N) is 1. The lowest BCUT2D eigenvalue weighted by molar-refractivity contribution is -0.138. The molecule has 0 fully saturated rings. The van der Waals surface area contributed by atoms with Gasteiger partial charge in [-0.3, -0.25) is 0 Å². The van der Waals surface area contributed by atoms with Crippen molar-refractivity contribution in [3.8, 4) is 0 Å². The van der Waals surface area contributed by atoms with Gasteiger partial charge in [-0.25, -0.2) is 0 Å². The fourth-order valence-electron chi connectivity index (χ4n) is 1.41. The Morgan fingerprint density at radius 1 is 1.30 bits per heavy atom. The van der Waals surface area contributed by atoms with Crippen LogP contribution < -0.4 is 5.32 Å². The molecule has 0 aliphatic heterocycles. The Morgan fingerprint density at radius 2 is 2.00 bits per heavy atom. The van der Waals surface area contributed by atoms with Crippen LogP contribution in [-0.4, -0.2) is 23.5 Å². The summed E-state index contributed by atoms with van der Waals surface area (Å²) < 4.78 is 45.9. The summed E-state index contributed by atoms with van der Waals surface area (Å²) in [7, 11) is 0. The average Bonchev–Trinajstić information content (AvgIpc) is 2.71. The molecule has 4 nitrogen and oxygen atoms in total. The van der Waals surface area contributed by atoms with E-state index in [1.165, 1.54) is 0 Å². The van der Waals surface area contributed by atoms with E-state index in [4.69, 9.17) is 9.26 Å². The van der Waals surface area contributed by atoms with Crippen molar-refractivity contribution in [1.29, 1.82) is 0 Å². The normalized spacial score (nSPS) is 12.9. The molecular weight excluding hydrogens is 273 g/mol. The smallest absolute Gasteiger partial charge is 0.373 e. The molecule has 7 heteroatoms. The second kappa shape index (κ2) is 7.08. The summed E-state index contributed by atoms with van der Waals surface area (Å²) in [5.74, 6) is 0.516. The third kappa shape index (κ3) is 8.16. The van der Waals surface area contributed by atoms with Crippen molar-refractivity contribution in [1.82, 2.24) is 10.5 Å². The van der Waals surface area contributed by atoms with E-state index in [1.807, 2.05) is 20.8 Å². The zero-order valence-electron chi connectivity index (χ0n) is 12.0. The Hall–Kier alpha value is -1.08. The standard InChI is InChI=1S/C13H21F3N2O2/c1-12(2,3)17-8-10-7-11(20-18-10)9-19-6-4-5-13(14,15)16/h7,17H,4-6,8-9H2,1-3H3. The van der Waals surface area contributed by atoms with Gasteiger partial charge in [-0.05, 0) is 27.2 Å².